The molecular formula is C23H20ClNO6. The van der Waals surface area contributed by atoms with Gasteiger partial charge in [0, 0.05) is 28.5 Å². The van der Waals surface area contributed by atoms with E-state index >= 15 is 0 Å². The van der Waals surface area contributed by atoms with Crippen LogP contribution in [0.2, 0.25) is 5.02 Å². The maximum atomic E-state index is 12.3. The third kappa shape index (κ3) is 4.72. The van der Waals surface area contributed by atoms with Gasteiger partial charge in [-0.1, -0.05) is 23.7 Å². The number of rotatable bonds is 7. The Balaban J connectivity index is 1.41. The van der Waals surface area contributed by atoms with E-state index in [2.05, 4.69) is 5.32 Å². The summed E-state index contributed by atoms with van der Waals surface area (Å²) in [7, 11) is 0. The lowest BCUT2D eigenvalue weighted by molar-refractivity contribution is -0.142. The lowest BCUT2D eigenvalue weighted by atomic mass is 10.1. The summed E-state index contributed by atoms with van der Waals surface area (Å²) < 4.78 is 10.9. The zero-order chi connectivity index (χ0) is 22.0. The van der Waals surface area contributed by atoms with Crippen molar-refractivity contribution < 1.29 is 23.8 Å². The molecule has 0 bridgehead atoms. The fraction of sp³-hybridized carbons (Fsp3) is 0.261. The number of aryl methyl sites for hydroxylation is 1. The maximum Gasteiger partial charge on any atom is 0.339 e. The Bertz CT molecular complexity index is 1200. The van der Waals surface area contributed by atoms with Crippen LogP contribution in [0.4, 0.5) is 0 Å². The van der Waals surface area contributed by atoms with Gasteiger partial charge in [0.15, 0.2) is 6.61 Å². The number of carbonyl (C=O) groups is 2. The first-order chi connectivity index (χ1) is 14.9. The summed E-state index contributed by atoms with van der Waals surface area (Å²) in [6, 6.07) is 10.7. The fourth-order valence-corrected chi connectivity index (χ4v) is 3.92. The molecule has 2 N–H and O–H groups in total. The number of halogens is 1. The highest BCUT2D eigenvalue weighted by Gasteiger charge is 2.22. The van der Waals surface area contributed by atoms with Crippen LogP contribution in [-0.4, -0.2) is 29.6 Å². The number of hydrogen-bond acceptors (Lipinski definition) is 5. The van der Waals surface area contributed by atoms with E-state index in [9.17, 15) is 19.5 Å². The SMILES string of the molecule is O=C(COc1ccc2c3c(c(=O)oc2c1)CCC3)N[C@@H](Cc1ccc(Cl)cc1)C(=O)O. The molecular weight excluding hydrogens is 422 g/mol. The molecule has 8 heteroatoms. The first-order valence-corrected chi connectivity index (χ1v) is 10.3. The number of amides is 1. The van der Waals surface area contributed by atoms with Crippen molar-refractivity contribution in [3.05, 3.63) is 74.6 Å². The lowest BCUT2D eigenvalue weighted by Crippen LogP contribution is -2.44. The Morgan fingerprint density at radius 1 is 1.13 bits per heavy atom. The minimum Gasteiger partial charge on any atom is -0.484 e. The molecule has 1 aliphatic rings. The van der Waals surface area contributed by atoms with Gasteiger partial charge in [0.05, 0.1) is 0 Å². The molecule has 2 aromatic carbocycles. The maximum absolute atomic E-state index is 12.3. The van der Waals surface area contributed by atoms with Gasteiger partial charge < -0.3 is 19.6 Å². The summed E-state index contributed by atoms with van der Waals surface area (Å²) in [4.78, 5) is 35.9. The van der Waals surface area contributed by atoms with Crippen LogP contribution in [0.3, 0.4) is 0 Å². The topological polar surface area (TPSA) is 106 Å². The minimum atomic E-state index is -1.15. The van der Waals surface area contributed by atoms with Gasteiger partial charge in [-0.3, -0.25) is 4.79 Å². The summed E-state index contributed by atoms with van der Waals surface area (Å²) in [5.74, 6) is -1.37. The van der Waals surface area contributed by atoms with Crippen molar-refractivity contribution in [2.24, 2.45) is 0 Å². The molecule has 3 aromatic rings. The van der Waals surface area contributed by atoms with E-state index in [0.717, 1.165) is 41.3 Å². The molecule has 0 saturated carbocycles. The molecule has 1 atom stereocenters. The van der Waals surface area contributed by atoms with E-state index < -0.39 is 17.9 Å². The Kier molecular flexibility index (Phi) is 5.95. The number of carbonyl (C=O) groups excluding carboxylic acids is 1. The molecule has 7 nitrogen and oxygen atoms in total. The zero-order valence-electron chi connectivity index (χ0n) is 16.5. The van der Waals surface area contributed by atoms with E-state index in [-0.39, 0.29) is 18.7 Å². The van der Waals surface area contributed by atoms with Crippen LogP contribution >= 0.6 is 11.6 Å². The van der Waals surface area contributed by atoms with Crippen molar-refractivity contribution in [2.75, 3.05) is 6.61 Å². The number of ether oxygens (including phenoxy) is 1. The molecule has 1 heterocycles. The highest BCUT2D eigenvalue weighted by molar-refractivity contribution is 6.30. The van der Waals surface area contributed by atoms with Gasteiger partial charge in [0.25, 0.3) is 5.91 Å². The van der Waals surface area contributed by atoms with E-state index in [4.69, 9.17) is 20.8 Å². The Hall–Kier alpha value is -3.32. The van der Waals surface area contributed by atoms with Crippen LogP contribution in [0.1, 0.15) is 23.1 Å². The lowest BCUT2D eigenvalue weighted by Gasteiger charge is -2.15. The van der Waals surface area contributed by atoms with Gasteiger partial charge in [-0.2, -0.15) is 0 Å². The van der Waals surface area contributed by atoms with Gasteiger partial charge >= 0.3 is 11.6 Å². The highest BCUT2D eigenvalue weighted by Crippen LogP contribution is 2.29. The van der Waals surface area contributed by atoms with E-state index in [0.29, 0.717) is 16.4 Å². The smallest absolute Gasteiger partial charge is 0.339 e. The summed E-state index contributed by atoms with van der Waals surface area (Å²) in [6.45, 7) is -0.370. The quantitative estimate of drug-likeness (QED) is 0.546. The monoisotopic (exact) mass is 441 g/mol. The standard InChI is InChI=1S/C23H20ClNO6/c24-14-6-4-13(5-7-14)10-19(22(27)28)25-21(26)12-30-15-8-9-17-16-2-1-3-18(16)23(29)31-20(17)11-15/h4-9,11,19H,1-3,10,12H2,(H,25,26)(H,27,28)/t19-/m0/s1. The van der Waals surface area contributed by atoms with Crippen LogP contribution in [0.5, 0.6) is 5.75 Å². The zero-order valence-corrected chi connectivity index (χ0v) is 17.3. The van der Waals surface area contributed by atoms with Crippen LogP contribution in [0.25, 0.3) is 11.0 Å². The van der Waals surface area contributed by atoms with Gasteiger partial charge in [-0.15, -0.1) is 0 Å². The summed E-state index contributed by atoms with van der Waals surface area (Å²) in [6.07, 6.45) is 2.61. The third-order valence-electron chi connectivity index (χ3n) is 5.30. The van der Waals surface area contributed by atoms with Crippen molar-refractivity contribution in [3.8, 4) is 5.75 Å². The summed E-state index contributed by atoms with van der Waals surface area (Å²) in [5.41, 5.74) is 2.56. The van der Waals surface area contributed by atoms with E-state index in [1.54, 1.807) is 36.4 Å². The van der Waals surface area contributed by atoms with Crippen molar-refractivity contribution in [1.82, 2.24) is 5.32 Å². The predicted octanol–water partition coefficient (Wildman–Crippen LogP) is 3.13. The minimum absolute atomic E-state index is 0.116. The summed E-state index contributed by atoms with van der Waals surface area (Å²) in [5, 5.41) is 13.3. The van der Waals surface area contributed by atoms with Crippen LogP contribution < -0.4 is 15.7 Å². The number of benzene rings is 2. The molecule has 31 heavy (non-hydrogen) atoms. The molecule has 0 aliphatic heterocycles. The highest BCUT2D eigenvalue weighted by atomic mass is 35.5. The Morgan fingerprint density at radius 2 is 1.87 bits per heavy atom. The largest absolute Gasteiger partial charge is 0.484 e. The molecule has 160 valence electrons. The second-order valence-corrected chi connectivity index (χ2v) is 7.87. The third-order valence-corrected chi connectivity index (χ3v) is 5.55. The van der Waals surface area contributed by atoms with Crippen molar-refractivity contribution in [3.63, 3.8) is 0 Å². The molecule has 0 unspecified atom stereocenters. The van der Waals surface area contributed by atoms with Gasteiger partial charge in [0.2, 0.25) is 0 Å². The average molecular weight is 442 g/mol. The second-order valence-electron chi connectivity index (χ2n) is 7.44. The molecule has 0 saturated heterocycles. The first kappa shape index (κ1) is 20.9. The second kappa shape index (κ2) is 8.81. The molecule has 4 rings (SSSR count). The normalized spacial score (nSPS) is 13.6. The molecule has 0 spiro atoms. The number of hydrogen-bond donors (Lipinski definition) is 2. The van der Waals surface area contributed by atoms with E-state index in [1.807, 2.05) is 6.07 Å². The van der Waals surface area contributed by atoms with Crippen molar-refractivity contribution in [1.29, 1.82) is 0 Å². The summed E-state index contributed by atoms with van der Waals surface area (Å²) >= 11 is 5.84. The van der Waals surface area contributed by atoms with Gasteiger partial charge in [-0.05, 0) is 54.7 Å². The molecule has 1 aliphatic carbocycles. The molecule has 0 fully saturated rings. The van der Waals surface area contributed by atoms with Gasteiger partial charge in [0.1, 0.15) is 17.4 Å². The van der Waals surface area contributed by atoms with Crippen molar-refractivity contribution in [2.45, 2.75) is 31.7 Å². The number of nitrogens with one attached hydrogen (secondary N) is 1. The Labute approximate surface area is 182 Å². The van der Waals surface area contributed by atoms with E-state index in [1.165, 1.54) is 0 Å². The number of carboxylic acid groups (broad SMARTS) is 1. The first-order valence-electron chi connectivity index (χ1n) is 9.89. The number of aliphatic carboxylic acids is 1. The van der Waals surface area contributed by atoms with Crippen LogP contribution in [0.15, 0.2) is 51.7 Å². The van der Waals surface area contributed by atoms with Crippen molar-refractivity contribution >= 4 is 34.4 Å². The van der Waals surface area contributed by atoms with Gasteiger partial charge in [-0.25, -0.2) is 9.59 Å². The molecule has 0 radical (unpaired) electrons. The molecule has 1 amide bonds. The number of fused-ring (bicyclic) bond motifs is 3. The Morgan fingerprint density at radius 3 is 2.61 bits per heavy atom. The molecule has 1 aromatic heterocycles. The fourth-order valence-electron chi connectivity index (χ4n) is 3.80. The van der Waals surface area contributed by atoms with Crippen LogP contribution in [-0.2, 0) is 28.9 Å². The number of carboxylic acids is 1. The predicted molar refractivity (Wildman–Crippen MR) is 115 cm³/mol. The van der Waals surface area contributed by atoms with Crippen LogP contribution in [0, 0.1) is 0 Å². The average Bonchev–Trinajstić information content (AvgIpc) is 3.24.